The van der Waals surface area contributed by atoms with E-state index in [0.717, 1.165) is 31.7 Å². The van der Waals surface area contributed by atoms with Gasteiger partial charge in [-0.2, -0.15) is 0 Å². The maximum Gasteiger partial charge on any atom is 0.250 e. The zero-order valence-electron chi connectivity index (χ0n) is 19.9. The van der Waals surface area contributed by atoms with Gasteiger partial charge in [0.25, 0.3) is 5.56 Å². The van der Waals surface area contributed by atoms with E-state index < -0.39 is 22.9 Å². The third kappa shape index (κ3) is 4.40. The highest BCUT2D eigenvalue weighted by Crippen LogP contribution is 2.41. The number of phenols is 1. The molecule has 3 aromatic rings. The molecule has 0 saturated carbocycles. The number of nitrogens with one attached hydrogen (secondary N) is 1. The SMILES string of the molecule is Cn1ccc(-c2cc(O)c(-c3ccc(O[C@@H]4C[C@]5(C)CCC[C@](C)(C4)N5)nn3)c(F)c2F)cc1=O. The first-order chi connectivity index (χ1) is 16.6. The van der Waals surface area contributed by atoms with E-state index in [4.69, 9.17) is 4.74 Å². The molecule has 2 saturated heterocycles. The Morgan fingerprint density at radius 1 is 1.09 bits per heavy atom. The Hall–Kier alpha value is -3.33. The first-order valence-corrected chi connectivity index (χ1v) is 11.7. The second kappa shape index (κ2) is 8.41. The lowest BCUT2D eigenvalue weighted by Crippen LogP contribution is -2.65. The van der Waals surface area contributed by atoms with E-state index in [1.165, 1.54) is 35.4 Å². The fraction of sp³-hybridized carbons (Fsp3) is 0.423. The fourth-order valence-corrected chi connectivity index (χ4v) is 5.66. The molecule has 2 aromatic heterocycles. The summed E-state index contributed by atoms with van der Waals surface area (Å²) in [5, 5.41) is 22.3. The van der Waals surface area contributed by atoms with Crippen molar-refractivity contribution in [2.45, 2.75) is 63.1 Å². The second-order valence-corrected chi connectivity index (χ2v) is 10.3. The van der Waals surface area contributed by atoms with Crippen LogP contribution >= 0.6 is 0 Å². The van der Waals surface area contributed by atoms with E-state index >= 15 is 4.39 Å². The van der Waals surface area contributed by atoms with Gasteiger partial charge in [0, 0.05) is 54.9 Å². The maximum atomic E-state index is 15.0. The van der Waals surface area contributed by atoms with Gasteiger partial charge in [-0.25, -0.2) is 8.78 Å². The van der Waals surface area contributed by atoms with Crippen molar-refractivity contribution in [3.63, 3.8) is 0 Å². The molecule has 0 radical (unpaired) electrons. The molecule has 0 aliphatic carbocycles. The van der Waals surface area contributed by atoms with Crippen molar-refractivity contribution in [2.24, 2.45) is 7.05 Å². The van der Waals surface area contributed by atoms with E-state index in [9.17, 15) is 14.3 Å². The van der Waals surface area contributed by atoms with E-state index in [0.29, 0.717) is 5.88 Å². The molecule has 2 aliphatic rings. The van der Waals surface area contributed by atoms with Crippen molar-refractivity contribution in [3.05, 3.63) is 58.5 Å². The number of rotatable bonds is 4. The summed E-state index contributed by atoms with van der Waals surface area (Å²) in [4.78, 5) is 11.9. The first-order valence-electron chi connectivity index (χ1n) is 11.7. The van der Waals surface area contributed by atoms with Gasteiger partial charge in [-0.3, -0.25) is 4.79 Å². The summed E-state index contributed by atoms with van der Waals surface area (Å²) in [5.74, 6) is -2.66. The third-order valence-electron chi connectivity index (χ3n) is 7.20. The van der Waals surface area contributed by atoms with Gasteiger partial charge in [0.1, 0.15) is 17.5 Å². The number of nitrogens with zero attached hydrogens (tertiary/aromatic N) is 3. The Kier molecular flexibility index (Phi) is 5.62. The van der Waals surface area contributed by atoms with Gasteiger partial charge in [-0.15, -0.1) is 10.2 Å². The lowest BCUT2D eigenvalue weighted by Gasteiger charge is -2.53. The van der Waals surface area contributed by atoms with E-state index in [2.05, 4.69) is 29.4 Å². The first kappa shape index (κ1) is 23.4. The normalized spacial score (nSPS) is 25.9. The average molecular weight is 483 g/mol. The van der Waals surface area contributed by atoms with Crippen LogP contribution in [-0.4, -0.2) is 37.1 Å². The Balaban J connectivity index is 1.40. The van der Waals surface area contributed by atoms with Crippen LogP contribution < -0.4 is 15.6 Å². The number of ether oxygens (including phenoxy) is 1. The minimum absolute atomic E-state index is 0.0144. The van der Waals surface area contributed by atoms with Gasteiger partial charge in [0.05, 0.1) is 5.56 Å². The quantitative estimate of drug-likeness (QED) is 0.576. The molecule has 184 valence electrons. The highest BCUT2D eigenvalue weighted by atomic mass is 19.2. The summed E-state index contributed by atoms with van der Waals surface area (Å²) in [7, 11) is 1.55. The number of aromatic hydroxyl groups is 1. The van der Waals surface area contributed by atoms with Crippen molar-refractivity contribution < 1.29 is 18.6 Å². The molecular formula is C26H28F2N4O3. The van der Waals surface area contributed by atoms with E-state index in [1.807, 2.05) is 0 Å². The van der Waals surface area contributed by atoms with E-state index in [-0.39, 0.29) is 39.6 Å². The van der Waals surface area contributed by atoms with Crippen LogP contribution in [0.3, 0.4) is 0 Å². The Morgan fingerprint density at radius 3 is 2.43 bits per heavy atom. The number of piperidine rings is 2. The number of halogens is 2. The van der Waals surface area contributed by atoms with Crippen LogP contribution in [0.25, 0.3) is 22.4 Å². The molecule has 3 atom stereocenters. The smallest absolute Gasteiger partial charge is 0.250 e. The largest absolute Gasteiger partial charge is 0.507 e. The van der Waals surface area contributed by atoms with Gasteiger partial charge in [0.15, 0.2) is 11.6 Å². The second-order valence-electron chi connectivity index (χ2n) is 10.3. The van der Waals surface area contributed by atoms with Crippen LogP contribution in [0.1, 0.15) is 46.0 Å². The van der Waals surface area contributed by atoms with Crippen molar-refractivity contribution in [1.82, 2.24) is 20.1 Å². The number of benzene rings is 1. The molecule has 2 aliphatic heterocycles. The summed E-state index contributed by atoms with van der Waals surface area (Å²) in [6, 6.07) is 6.74. The number of aryl methyl sites for hydroxylation is 1. The summed E-state index contributed by atoms with van der Waals surface area (Å²) in [6.07, 6.45) is 6.46. The number of aromatic nitrogens is 3. The van der Waals surface area contributed by atoms with Crippen molar-refractivity contribution in [3.8, 4) is 34.0 Å². The van der Waals surface area contributed by atoms with Crippen molar-refractivity contribution in [1.29, 1.82) is 0 Å². The predicted molar refractivity (Wildman–Crippen MR) is 127 cm³/mol. The number of fused-ring (bicyclic) bond motifs is 2. The number of hydrogen-bond acceptors (Lipinski definition) is 6. The molecule has 0 spiro atoms. The van der Waals surface area contributed by atoms with Crippen LogP contribution in [0, 0.1) is 11.6 Å². The number of phenolic OH excluding ortho intramolecular Hbond substituents is 1. The summed E-state index contributed by atoms with van der Waals surface area (Å²) >= 11 is 0. The standard InChI is InChI=1S/C26H28F2N4O3/c1-25-8-4-9-26(2,31-25)14-16(13-25)35-20-6-5-18(29-30-20)22-19(33)12-17(23(27)24(22)28)15-7-10-32(3)21(34)11-15/h5-7,10-12,16,31,33H,4,8-9,13-14H2,1-3H3/t16-,25+,26-. The molecule has 2 fully saturated rings. The third-order valence-corrected chi connectivity index (χ3v) is 7.20. The fourth-order valence-electron chi connectivity index (χ4n) is 5.66. The van der Waals surface area contributed by atoms with Gasteiger partial charge in [-0.1, -0.05) is 0 Å². The Labute approximate surface area is 201 Å². The van der Waals surface area contributed by atoms with Crippen LogP contribution in [0.4, 0.5) is 8.78 Å². The van der Waals surface area contributed by atoms with Crippen LogP contribution in [0.5, 0.6) is 11.6 Å². The van der Waals surface area contributed by atoms with Crippen molar-refractivity contribution >= 4 is 0 Å². The monoisotopic (exact) mass is 482 g/mol. The maximum absolute atomic E-state index is 15.0. The molecule has 2 N–H and O–H groups in total. The van der Waals surface area contributed by atoms with Crippen LogP contribution in [-0.2, 0) is 7.05 Å². The van der Waals surface area contributed by atoms with Gasteiger partial charge in [0.2, 0.25) is 5.88 Å². The van der Waals surface area contributed by atoms with Crippen LogP contribution in [0.15, 0.2) is 41.3 Å². The van der Waals surface area contributed by atoms with Gasteiger partial charge >= 0.3 is 0 Å². The lowest BCUT2D eigenvalue weighted by molar-refractivity contribution is 0.00726. The highest BCUT2D eigenvalue weighted by Gasteiger charge is 2.46. The Bertz CT molecular complexity index is 1330. The van der Waals surface area contributed by atoms with Gasteiger partial charge in [-0.05, 0) is 56.9 Å². The van der Waals surface area contributed by atoms with E-state index in [1.54, 1.807) is 13.1 Å². The molecule has 9 heteroatoms. The number of hydrogen-bond donors (Lipinski definition) is 2. The van der Waals surface area contributed by atoms with Crippen molar-refractivity contribution in [2.75, 3.05) is 0 Å². The topological polar surface area (TPSA) is 89.3 Å². The molecular weight excluding hydrogens is 454 g/mol. The van der Waals surface area contributed by atoms with Crippen LogP contribution in [0.2, 0.25) is 0 Å². The number of pyridine rings is 1. The zero-order valence-corrected chi connectivity index (χ0v) is 19.9. The molecule has 5 rings (SSSR count). The highest BCUT2D eigenvalue weighted by molar-refractivity contribution is 5.75. The Morgan fingerprint density at radius 2 is 1.80 bits per heavy atom. The molecule has 35 heavy (non-hydrogen) atoms. The molecule has 1 aromatic carbocycles. The lowest BCUT2D eigenvalue weighted by atomic mass is 9.70. The summed E-state index contributed by atoms with van der Waals surface area (Å²) in [6.45, 7) is 4.43. The summed E-state index contributed by atoms with van der Waals surface area (Å²) < 4.78 is 37.4. The molecule has 7 nitrogen and oxygen atoms in total. The minimum Gasteiger partial charge on any atom is -0.507 e. The van der Waals surface area contributed by atoms with Gasteiger partial charge < -0.3 is 19.7 Å². The minimum atomic E-state index is -1.27. The summed E-state index contributed by atoms with van der Waals surface area (Å²) in [5.41, 5.74) is -0.828. The molecule has 0 amide bonds. The average Bonchev–Trinajstić information content (AvgIpc) is 2.78. The molecule has 2 bridgehead atoms. The molecule has 0 unspecified atom stereocenters. The zero-order chi connectivity index (χ0) is 25.0. The predicted octanol–water partition coefficient (Wildman–Crippen LogP) is 4.33. The molecule has 4 heterocycles.